The van der Waals surface area contributed by atoms with Crippen molar-refractivity contribution in [2.24, 2.45) is 5.92 Å². The summed E-state index contributed by atoms with van der Waals surface area (Å²) >= 11 is 1.61. The van der Waals surface area contributed by atoms with Crippen molar-refractivity contribution in [1.29, 1.82) is 0 Å². The average molecular weight is 318 g/mol. The molecule has 116 valence electrons. The van der Waals surface area contributed by atoms with Gasteiger partial charge in [0.15, 0.2) is 5.92 Å². The molecule has 0 aliphatic rings. The molecule has 0 bridgehead atoms. The molecule has 4 nitrogen and oxygen atoms in total. The van der Waals surface area contributed by atoms with E-state index in [1.165, 1.54) is 0 Å². The number of esters is 2. The number of benzene rings is 1. The highest BCUT2D eigenvalue weighted by Crippen LogP contribution is 2.27. The summed E-state index contributed by atoms with van der Waals surface area (Å²) in [6.45, 7) is 3.95. The number of fused-ring (bicyclic) bond motifs is 1. The van der Waals surface area contributed by atoms with Gasteiger partial charge in [-0.15, -0.1) is 11.3 Å². The maximum absolute atomic E-state index is 12.1. The van der Waals surface area contributed by atoms with Gasteiger partial charge in [0, 0.05) is 4.70 Å². The highest BCUT2D eigenvalue weighted by molar-refractivity contribution is 7.17. The normalized spacial score (nSPS) is 10.9. The zero-order chi connectivity index (χ0) is 16.1. The van der Waals surface area contributed by atoms with E-state index >= 15 is 0 Å². The van der Waals surface area contributed by atoms with E-state index in [1.54, 1.807) is 25.2 Å². The maximum atomic E-state index is 12.1. The van der Waals surface area contributed by atoms with Gasteiger partial charge in [-0.1, -0.05) is 17.6 Å². The van der Waals surface area contributed by atoms with Crippen molar-refractivity contribution >= 4 is 46.7 Å². The molecule has 2 aromatic rings. The third kappa shape index (κ3) is 3.68. The first kappa shape index (κ1) is 16.6. The molecule has 22 heavy (non-hydrogen) atoms. The molecule has 0 spiro atoms. The van der Waals surface area contributed by atoms with E-state index in [2.05, 4.69) is 18.2 Å². The second-order valence-corrected chi connectivity index (χ2v) is 5.93. The first-order valence-electron chi connectivity index (χ1n) is 7.36. The minimum atomic E-state index is -0.904. The summed E-state index contributed by atoms with van der Waals surface area (Å²) in [6.07, 6.45) is 0.307. The van der Waals surface area contributed by atoms with Gasteiger partial charge in [-0.3, -0.25) is 9.59 Å². The van der Waals surface area contributed by atoms with Gasteiger partial charge >= 0.3 is 11.9 Å². The van der Waals surface area contributed by atoms with Gasteiger partial charge in [-0.25, -0.2) is 0 Å². The largest absolute Gasteiger partial charge is 0.465 e. The summed E-state index contributed by atoms with van der Waals surface area (Å²) in [5.74, 6) is -1.95. The number of ether oxygens (including phenoxy) is 2. The molecule has 1 aromatic heterocycles. The van der Waals surface area contributed by atoms with Gasteiger partial charge < -0.3 is 9.47 Å². The molecule has 0 amide bonds. The Labute approximate surface area is 134 Å². The van der Waals surface area contributed by atoms with E-state index in [1.807, 2.05) is 13.2 Å². The Morgan fingerprint density at radius 3 is 2.41 bits per heavy atom. The predicted octanol–water partition coefficient (Wildman–Crippen LogP) is 1.44. The van der Waals surface area contributed by atoms with Crippen LogP contribution in [0.1, 0.15) is 19.4 Å². The fourth-order valence-electron chi connectivity index (χ4n) is 2.32. The van der Waals surface area contributed by atoms with Crippen LogP contribution in [0.25, 0.3) is 10.1 Å². The van der Waals surface area contributed by atoms with Gasteiger partial charge in [-0.05, 0) is 42.7 Å². The lowest BCUT2D eigenvalue weighted by Gasteiger charge is -2.14. The van der Waals surface area contributed by atoms with E-state index in [4.69, 9.17) is 9.47 Å². The number of thiophene rings is 1. The second kappa shape index (κ2) is 7.45. The van der Waals surface area contributed by atoms with Crippen LogP contribution in [-0.2, 0) is 25.5 Å². The third-order valence-electron chi connectivity index (χ3n) is 3.38. The summed E-state index contributed by atoms with van der Waals surface area (Å²) in [5, 5.41) is 3.08. The number of carbonyl (C=O) groups is 2. The quantitative estimate of drug-likeness (QED) is 0.459. The molecule has 0 N–H and O–H groups in total. The van der Waals surface area contributed by atoms with Gasteiger partial charge in [0.05, 0.1) is 13.2 Å². The van der Waals surface area contributed by atoms with E-state index in [0.29, 0.717) is 6.42 Å². The van der Waals surface area contributed by atoms with Crippen LogP contribution in [0.5, 0.6) is 0 Å². The smallest absolute Gasteiger partial charge is 0.320 e. The van der Waals surface area contributed by atoms with Gasteiger partial charge in [-0.2, -0.15) is 0 Å². The lowest BCUT2D eigenvalue weighted by atomic mass is 9.92. The molecule has 1 aromatic carbocycles. The Morgan fingerprint density at radius 1 is 1.18 bits per heavy atom. The van der Waals surface area contributed by atoms with Crippen molar-refractivity contribution in [2.75, 3.05) is 13.2 Å². The van der Waals surface area contributed by atoms with E-state index in [-0.39, 0.29) is 13.2 Å². The number of carbonyl (C=O) groups excluding carboxylic acids is 2. The maximum Gasteiger partial charge on any atom is 0.320 e. The van der Waals surface area contributed by atoms with Crippen molar-refractivity contribution in [3.8, 4) is 0 Å². The summed E-state index contributed by atoms with van der Waals surface area (Å²) < 4.78 is 11.2. The van der Waals surface area contributed by atoms with Crippen LogP contribution < -0.4 is 5.46 Å². The zero-order valence-electron chi connectivity index (χ0n) is 13.0. The lowest BCUT2D eigenvalue weighted by molar-refractivity contribution is -0.161. The fraction of sp³-hybridized carbons (Fsp3) is 0.375. The Morgan fingerprint density at radius 2 is 1.82 bits per heavy atom. The minimum absolute atomic E-state index is 0.248. The van der Waals surface area contributed by atoms with Crippen LogP contribution in [0.2, 0.25) is 0 Å². The molecule has 0 aliphatic heterocycles. The number of rotatable bonds is 6. The molecule has 0 fully saturated rings. The van der Waals surface area contributed by atoms with E-state index < -0.39 is 17.9 Å². The molecule has 1 heterocycles. The number of hydrogen-bond acceptors (Lipinski definition) is 5. The summed E-state index contributed by atoms with van der Waals surface area (Å²) in [4.78, 5) is 24.1. The Kier molecular flexibility index (Phi) is 5.60. The second-order valence-electron chi connectivity index (χ2n) is 5.02. The average Bonchev–Trinajstić information content (AvgIpc) is 2.87. The monoisotopic (exact) mass is 318 g/mol. The third-order valence-corrected chi connectivity index (χ3v) is 4.39. The molecule has 0 saturated heterocycles. The van der Waals surface area contributed by atoms with Gasteiger partial charge in [0.25, 0.3) is 0 Å². The Balaban J connectivity index is 2.30. The van der Waals surface area contributed by atoms with Crippen LogP contribution >= 0.6 is 11.3 Å². The van der Waals surface area contributed by atoms with Crippen molar-refractivity contribution in [2.45, 2.75) is 20.3 Å². The summed E-state index contributed by atoms with van der Waals surface area (Å²) in [6, 6.07) is 6.19. The Bertz CT molecular complexity index is 662. The molecule has 0 unspecified atom stereocenters. The highest BCUT2D eigenvalue weighted by Gasteiger charge is 2.30. The predicted molar refractivity (Wildman–Crippen MR) is 90.5 cm³/mol. The molecule has 0 saturated carbocycles. The first-order chi connectivity index (χ1) is 10.6. The van der Waals surface area contributed by atoms with Crippen LogP contribution in [0.3, 0.4) is 0 Å². The molecular formula is C16H19BO4S. The molecular weight excluding hydrogens is 299 g/mol. The van der Waals surface area contributed by atoms with Crippen LogP contribution in [0, 0.1) is 5.92 Å². The summed E-state index contributed by atoms with van der Waals surface area (Å²) in [5.41, 5.74) is 2.13. The van der Waals surface area contributed by atoms with E-state index in [0.717, 1.165) is 21.1 Å². The summed E-state index contributed by atoms with van der Waals surface area (Å²) in [7, 11) is 2.02. The van der Waals surface area contributed by atoms with Gasteiger partial charge in [0.1, 0.15) is 7.85 Å². The number of hydrogen-bond donors (Lipinski definition) is 0. The molecule has 0 radical (unpaired) electrons. The van der Waals surface area contributed by atoms with Crippen LogP contribution in [-0.4, -0.2) is 33.0 Å². The van der Waals surface area contributed by atoms with Crippen molar-refractivity contribution in [3.63, 3.8) is 0 Å². The molecule has 2 rings (SSSR count). The first-order valence-corrected chi connectivity index (χ1v) is 8.24. The highest BCUT2D eigenvalue weighted by atomic mass is 32.1. The topological polar surface area (TPSA) is 52.6 Å². The Hall–Kier alpha value is -1.82. The van der Waals surface area contributed by atoms with Crippen LogP contribution in [0.15, 0.2) is 23.6 Å². The van der Waals surface area contributed by atoms with Gasteiger partial charge in [0.2, 0.25) is 0 Å². The van der Waals surface area contributed by atoms with Crippen molar-refractivity contribution in [3.05, 3.63) is 29.1 Å². The molecule has 6 heteroatoms. The van der Waals surface area contributed by atoms with E-state index in [9.17, 15) is 9.59 Å². The SMILES string of the molecule is Bc1ccc2scc(CC(C(=O)OCC)C(=O)OCC)c2c1. The molecule has 0 atom stereocenters. The zero-order valence-corrected chi connectivity index (χ0v) is 13.9. The lowest BCUT2D eigenvalue weighted by Crippen LogP contribution is -2.30. The van der Waals surface area contributed by atoms with Crippen molar-refractivity contribution in [1.82, 2.24) is 0 Å². The molecule has 0 aliphatic carbocycles. The standard InChI is InChI=1S/C16H19BO4S/c1-3-20-15(18)13(16(19)21-4-2)7-10-9-22-14-6-5-11(17)8-12(10)14/h5-6,8-9,13H,3-4,7,17H2,1-2H3. The minimum Gasteiger partial charge on any atom is -0.465 e. The van der Waals surface area contributed by atoms with Crippen molar-refractivity contribution < 1.29 is 19.1 Å². The fourth-order valence-corrected chi connectivity index (χ4v) is 3.28. The van der Waals surface area contributed by atoms with Crippen LogP contribution in [0.4, 0.5) is 0 Å².